The Bertz CT molecular complexity index is 3630. The molecule has 16 nitrogen and oxygen atoms in total. The van der Waals surface area contributed by atoms with Crippen LogP contribution in [0.25, 0.3) is 27.3 Å². The second-order valence-corrected chi connectivity index (χ2v) is 20.4. The predicted octanol–water partition coefficient (Wildman–Crippen LogP) is 14.0. The number of nitrogens with zero attached hydrogens (tertiary/aromatic N) is 8. The summed E-state index contributed by atoms with van der Waals surface area (Å²) in [6.07, 6.45) is 18.6. The summed E-state index contributed by atoms with van der Waals surface area (Å²) in [6.45, 7) is 12.1. The molecule has 4 aromatic carbocycles. The number of likely N-dealkylation sites (N-methyl/N-ethyl adjacent to an activating group) is 1. The van der Waals surface area contributed by atoms with E-state index >= 15 is 0 Å². The molecule has 416 valence electrons. The van der Waals surface area contributed by atoms with E-state index in [1.165, 1.54) is 61.8 Å². The SMILES string of the molecule is CN(C)CC(=O)O.Cc1ccc(COc2cc(F)cc(Oc3ccc(-n4cc(C5CCCC5)c5ncnc(N)c54)cc3)c2)cn1.[C-]#[N+]c1c(N)c(C2CCCC2)cn1-c1ccc(Oc2cc(F)cc(OCc3ccc(C)nc3)c2)cc1. The van der Waals surface area contributed by atoms with Crippen molar-refractivity contribution in [1.29, 1.82) is 0 Å². The molecule has 81 heavy (non-hydrogen) atoms. The van der Waals surface area contributed by atoms with Gasteiger partial charge in [-0.2, -0.15) is 0 Å². The summed E-state index contributed by atoms with van der Waals surface area (Å²) < 4.78 is 55.8. The number of nitrogens with two attached hydrogens (primary N) is 2. The summed E-state index contributed by atoms with van der Waals surface area (Å²) in [5, 5.41) is 8.04. The third-order valence-corrected chi connectivity index (χ3v) is 14.0. The average molecular weight is 1100 g/mol. The Morgan fingerprint density at radius 1 is 0.642 bits per heavy atom. The molecular formula is C63H64F2N10O6. The second-order valence-electron chi connectivity index (χ2n) is 20.4. The molecule has 0 saturated heterocycles. The number of fused-ring (bicyclic) bond motifs is 1. The number of anilines is 2. The van der Waals surface area contributed by atoms with E-state index in [4.69, 9.17) is 42.1 Å². The fourth-order valence-electron chi connectivity index (χ4n) is 10.00. The molecule has 5 heterocycles. The lowest BCUT2D eigenvalue weighted by Gasteiger charge is -2.11. The smallest absolute Gasteiger partial charge is 0.317 e. The minimum absolute atomic E-state index is 0.111. The number of aromatic nitrogens is 6. The van der Waals surface area contributed by atoms with Gasteiger partial charge in [0.05, 0.1) is 23.9 Å². The van der Waals surface area contributed by atoms with Crippen molar-refractivity contribution in [2.75, 3.05) is 32.1 Å². The van der Waals surface area contributed by atoms with E-state index in [1.54, 1.807) is 55.7 Å². The van der Waals surface area contributed by atoms with Gasteiger partial charge in [0.15, 0.2) is 5.82 Å². The Kier molecular flexibility index (Phi) is 18.2. The molecule has 2 aliphatic carbocycles. The summed E-state index contributed by atoms with van der Waals surface area (Å²) >= 11 is 0. The van der Waals surface area contributed by atoms with Crippen molar-refractivity contribution >= 4 is 34.3 Å². The zero-order valence-corrected chi connectivity index (χ0v) is 45.7. The number of rotatable bonds is 16. The van der Waals surface area contributed by atoms with E-state index in [1.807, 2.05) is 85.3 Å². The first-order chi connectivity index (χ1) is 39.2. The first kappa shape index (κ1) is 56.4. The van der Waals surface area contributed by atoms with Crippen molar-refractivity contribution in [2.24, 2.45) is 0 Å². The van der Waals surface area contributed by atoms with Crippen molar-refractivity contribution in [3.8, 4) is 45.9 Å². The molecule has 0 radical (unpaired) electrons. The van der Waals surface area contributed by atoms with E-state index in [0.29, 0.717) is 63.7 Å². The normalized spacial score (nSPS) is 13.3. The highest BCUT2D eigenvalue weighted by Crippen LogP contribution is 2.43. The molecule has 0 atom stereocenters. The first-order valence-electron chi connectivity index (χ1n) is 26.8. The van der Waals surface area contributed by atoms with Crippen LogP contribution in [-0.2, 0) is 18.0 Å². The van der Waals surface area contributed by atoms with E-state index in [0.717, 1.165) is 76.2 Å². The average Bonchev–Trinajstić information content (AvgIpc) is 4.28. The lowest BCUT2D eigenvalue weighted by Crippen LogP contribution is -2.20. The summed E-state index contributed by atoms with van der Waals surface area (Å²) in [5.74, 6) is 2.65. The third-order valence-electron chi connectivity index (χ3n) is 14.0. The van der Waals surface area contributed by atoms with Crippen LogP contribution in [-0.4, -0.2) is 65.7 Å². The number of hydrogen-bond acceptors (Lipinski definition) is 12. The van der Waals surface area contributed by atoms with E-state index < -0.39 is 17.6 Å². The van der Waals surface area contributed by atoms with Gasteiger partial charge < -0.3 is 44.9 Å². The molecule has 0 bridgehead atoms. The Labute approximate surface area is 469 Å². The molecular weight excluding hydrogens is 1030 g/mol. The van der Waals surface area contributed by atoms with E-state index in [2.05, 4.69) is 35.5 Å². The summed E-state index contributed by atoms with van der Waals surface area (Å²) in [7, 11) is 3.43. The van der Waals surface area contributed by atoms with Gasteiger partial charge >= 0.3 is 5.97 Å². The van der Waals surface area contributed by atoms with Crippen molar-refractivity contribution in [2.45, 2.75) is 90.3 Å². The molecule has 2 saturated carbocycles. The van der Waals surface area contributed by atoms with Crippen LogP contribution in [0, 0.1) is 32.1 Å². The number of benzene rings is 4. The van der Waals surface area contributed by atoms with Crippen molar-refractivity contribution in [1.82, 2.24) is 34.0 Å². The molecule has 18 heteroatoms. The Morgan fingerprint density at radius 3 is 1.56 bits per heavy atom. The van der Waals surface area contributed by atoms with Gasteiger partial charge in [-0.3, -0.25) is 24.2 Å². The van der Waals surface area contributed by atoms with E-state index in [-0.39, 0.29) is 19.8 Å². The van der Waals surface area contributed by atoms with Crippen LogP contribution in [0.15, 0.2) is 140 Å². The van der Waals surface area contributed by atoms with Crippen LogP contribution in [0.4, 0.5) is 26.1 Å². The fourth-order valence-corrected chi connectivity index (χ4v) is 10.00. The number of hydrogen-bond donors (Lipinski definition) is 3. The molecule has 0 amide bonds. The molecule has 5 N–H and O–H groups in total. The number of ether oxygens (including phenoxy) is 4. The number of aliphatic carboxylic acids is 1. The minimum Gasteiger partial charge on any atom is -0.489 e. The molecule has 9 aromatic rings. The summed E-state index contributed by atoms with van der Waals surface area (Å²) in [4.78, 5) is 32.4. The van der Waals surface area contributed by atoms with Gasteiger partial charge in [-0.15, -0.1) is 0 Å². The highest BCUT2D eigenvalue weighted by Gasteiger charge is 2.26. The standard InChI is InChI=1S/C30H28FN5O2.C29H27FN4O2.C4H9NO2/c1-19-6-7-20(15-33-19)17-37-25-12-22(31)13-26(14-25)38-24-10-8-23(9-11-24)36-16-27(21-4-2-3-5-21)28-29(36)30(32)35-18-34-28;1-19-7-8-20(16-33-19)18-35-25-13-22(30)14-26(15-25)36-24-11-9-23(10-12-24)34-17-27(21-5-3-4-6-21)28(31)29(34)32-2;1-5(2)3-4(6)7/h6-16,18,21H,2-5,17H2,1H3,(H2,32,34,35);7-17,21H,3-6,18,31H2,1H3;3H2,1-2H3,(H,6,7). The maximum absolute atomic E-state index is 14.3. The molecule has 0 unspecified atom stereocenters. The number of nitrogen functional groups attached to an aromatic ring is 2. The van der Waals surface area contributed by atoms with Gasteiger partial charge in [-0.25, -0.2) is 18.7 Å². The number of carboxylic acid groups (broad SMARTS) is 1. The number of pyridine rings is 2. The minimum atomic E-state index is -0.787. The molecule has 2 aliphatic rings. The molecule has 2 fully saturated rings. The summed E-state index contributed by atoms with van der Waals surface area (Å²) in [6, 6.07) is 31.2. The summed E-state index contributed by atoms with van der Waals surface area (Å²) in [5.41, 5.74) is 22.6. The number of aryl methyl sites for hydroxylation is 2. The van der Waals surface area contributed by atoms with Crippen LogP contribution in [0.3, 0.4) is 0 Å². The highest BCUT2D eigenvalue weighted by molar-refractivity contribution is 5.90. The topological polar surface area (TPSA) is 195 Å². The lowest BCUT2D eigenvalue weighted by atomic mass is 9.99. The largest absolute Gasteiger partial charge is 0.489 e. The van der Waals surface area contributed by atoms with Crippen molar-refractivity contribution in [3.05, 3.63) is 197 Å². The van der Waals surface area contributed by atoms with Crippen LogP contribution in [0.5, 0.6) is 34.5 Å². The number of halogens is 2. The van der Waals surface area contributed by atoms with Crippen molar-refractivity contribution < 1.29 is 37.6 Å². The predicted molar refractivity (Wildman–Crippen MR) is 308 cm³/mol. The van der Waals surface area contributed by atoms with E-state index in [9.17, 15) is 13.6 Å². The van der Waals surface area contributed by atoms with Crippen LogP contribution < -0.4 is 30.4 Å². The fraction of sp³-hybridized carbons (Fsp3) is 0.270. The van der Waals surface area contributed by atoms with Gasteiger partial charge in [0, 0.05) is 88.8 Å². The molecule has 5 aromatic heterocycles. The van der Waals surface area contributed by atoms with Crippen molar-refractivity contribution in [3.63, 3.8) is 0 Å². The zero-order chi connectivity index (χ0) is 57.0. The Morgan fingerprint density at radius 2 is 1.11 bits per heavy atom. The molecule has 0 spiro atoms. The monoisotopic (exact) mass is 1090 g/mol. The quantitative estimate of drug-likeness (QED) is 0.0774. The molecule has 11 rings (SSSR count). The van der Waals surface area contributed by atoms with Gasteiger partial charge in [0.2, 0.25) is 0 Å². The second kappa shape index (κ2) is 26.1. The Hall–Kier alpha value is -9.34. The lowest BCUT2D eigenvalue weighted by molar-refractivity contribution is -0.137. The molecule has 0 aliphatic heterocycles. The highest BCUT2D eigenvalue weighted by atomic mass is 19.1. The number of carboxylic acids is 1. The number of carbonyl (C=O) groups is 1. The first-order valence-corrected chi connectivity index (χ1v) is 26.8. The van der Waals surface area contributed by atoms with Gasteiger partial charge in [0.25, 0.3) is 5.82 Å². The Balaban J connectivity index is 0.000000175. The maximum Gasteiger partial charge on any atom is 0.317 e. The van der Waals surface area contributed by atoms with Gasteiger partial charge in [-0.05, 0) is 132 Å². The van der Waals surface area contributed by atoms with Crippen LogP contribution in [0.2, 0.25) is 0 Å². The zero-order valence-electron chi connectivity index (χ0n) is 45.7. The van der Waals surface area contributed by atoms with Crippen LogP contribution >= 0.6 is 0 Å². The third kappa shape index (κ3) is 14.7. The van der Waals surface area contributed by atoms with Gasteiger partial charge in [0.1, 0.15) is 76.9 Å². The van der Waals surface area contributed by atoms with Crippen LogP contribution in [0.1, 0.15) is 96.8 Å². The maximum atomic E-state index is 14.3. The van der Waals surface area contributed by atoms with Gasteiger partial charge in [-0.1, -0.05) is 44.4 Å².